The topological polar surface area (TPSA) is 42.8 Å². The molecule has 0 saturated carbocycles. The molecule has 0 atom stereocenters. The average Bonchev–Trinajstić information content (AvgIpc) is 2.18. The molecular formula is C11H22N2O2. The number of nitrogens with zero attached hydrogens (tertiary/aromatic N) is 1. The summed E-state index contributed by atoms with van der Waals surface area (Å²) in [6.45, 7) is 6.92. The Bertz CT molecular complexity index is 213. The Morgan fingerprint density at radius 3 is 2.47 bits per heavy atom. The highest BCUT2D eigenvalue weighted by Crippen LogP contribution is 1.89. The normalized spacial score (nSPS) is 13.1. The molecule has 0 saturated heterocycles. The van der Waals surface area contributed by atoms with Gasteiger partial charge in [0.05, 0.1) is 19.8 Å². The molecule has 0 radical (unpaired) electrons. The molecule has 0 heterocycles. The van der Waals surface area contributed by atoms with Crippen molar-refractivity contribution in [3.63, 3.8) is 0 Å². The van der Waals surface area contributed by atoms with Gasteiger partial charge in [0.15, 0.2) is 0 Å². The summed E-state index contributed by atoms with van der Waals surface area (Å²) in [6, 6.07) is 0. The van der Waals surface area contributed by atoms with Gasteiger partial charge in [-0.15, -0.1) is 0 Å². The molecule has 0 unspecified atom stereocenters. The smallest absolute Gasteiger partial charge is 0.0658 e. The van der Waals surface area contributed by atoms with Crippen molar-refractivity contribution in [3.05, 3.63) is 11.8 Å². The summed E-state index contributed by atoms with van der Waals surface area (Å²) in [6.07, 6.45) is 2.02. The molecular weight excluding hydrogens is 192 g/mol. The van der Waals surface area contributed by atoms with E-state index in [0.717, 1.165) is 18.0 Å². The van der Waals surface area contributed by atoms with Crippen molar-refractivity contribution < 1.29 is 9.47 Å². The Labute approximate surface area is 92.4 Å². The van der Waals surface area contributed by atoms with E-state index in [1.807, 2.05) is 19.9 Å². The highest BCUT2D eigenvalue weighted by molar-refractivity contribution is 5.93. The largest absolute Gasteiger partial charge is 0.386 e. The van der Waals surface area contributed by atoms with Crippen LogP contribution in [0.2, 0.25) is 0 Å². The summed E-state index contributed by atoms with van der Waals surface area (Å²) >= 11 is 0. The lowest BCUT2D eigenvalue weighted by atomic mass is 10.3. The molecule has 4 heteroatoms. The fraction of sp³-hybridized carbons (Fsp3) is 0.727. The molecule has 0 aliphatic heterocycles. The number of hydrogen-bond donors (Lipinski definition) is 1. The summed E-state index contributed by atoms with van der Waals surface area (Å²) in [4.78, 5) is 4.33. The summed E-state index contributed by atoms with van der Waals surface area (Å²) in [7, 11) is 3.37. The predicted octanol–water partition coefficient (Wildman–Crippen LogP) is 1.23. The van der Waals surface area contributed by atoms with E-state index in [4.69, 9.17) is 9.47 Å². The van der Waals surface area contributed by atoms with E-state index in [9.17, 15) is 0 Å². The minimum absolute atomic E-state index is 0.668. The first-order valence-electron chi connectivity index (χ1n) is 5.11. The van der Waals surface area contributed by atoms with Gasteiger partial charge in [0.2, 0.25) is 0 Å². The molecule has 1 N–H and O–H groups in total. The molecule has 4 nitrogen and oxygen atoms in total. The van der Waals surface area contributed by atoms with Gasteiger partial charge in [-0.1, -0.05) is 0 Å². The van der Waals surface area contributed by atoms with Crippen LogP contribution in [0.15, 0.2) is 16.8 Å². The van der Waals surface area contributed by atoms with E-state index in [1.165, 1.54) is 0 Å². The van der Waals surface area contributed by atoms with Gasteiger partial charge in [0.25, 0.3) is 0 Å². The molecule has 0 bridgehead atoms. The first kappa shape index (κ1) is 14.1. The number of methoxy groups -OCH3 is 2. The number of allylic oxidation sites excluding steroid dienone is 2. The molecule has 15 heavy (non-hydrogen) atoms. The Hall–Kier alpha value is -0.870. The van der Waals surface area contributed by atoms with E-state index in [0.29, 0.717) is 19.8 Å². The zero-order valence-corrected chi connectivity index (χ0v) is 10.2. The number of nitrogens with one attached hydrogen (secondary N) is 1. The van der Waals surface area contributed by atoms with E-state index >= 15 is 0 Å². The monoisotopic (exact) mass is 214 g/mol. The SMILES string of the molecule is COCC/N=C(C)\C=C(\C)NCCOC. The standard InChI is InChI=1S/C11H22N2O2/c1-10(12-5-7-14-3)9-11(2)13-6-8-15-4/h9,12H,5-8H2,1-4H3/b10-9-,13-11-. The maximum atomic E-state index is 4.94. The second-order valence-corrected chi connectivity index (χ2v) is 3.26. The van der Waals surface area contributed by atoms with Crippen LogP contribution < -0.4 is 5.32 Å². The number of aliphatic imine (C=N–C) groups is 1. The lowest BCUT2D eigenvalue weighted by molar-refractivity contribution is 0.202. The first-order valence-corrected chi connectivity index (χ1v) is 5.11. The minimum Gasteiger partial charge on any atom is -0.386 e. The molecule has 0 spiro atoms. The summed E-state index contributed by atoms with van der Waals surface area (Å²) in [5.74, 6) is 0. The predicted molar refractivity (Wildman–Crippen MR) is 63.5 cm³/mol. The van der Waals surface area contributed by atoms with Gasteiger partial charge >= 0.3 is 0 Å². The molecule has 88 valence electrons. The van der Waals surface area contributed by atoms with E-state index < -0.39 is 0 Å². The van der Waals surface area contributed by atoms with Gasteiger partial charge in [-0.3, -0.25) is 4.99 Å². The van der Waals surface area contributed by atoms with Crippen LogP contribution in [-0.2, 0) is 9.47 Å². The minimum atomic E-state index is 0.668. The molecule has 0 aromatic rings. The molecule has 0 rings (SSSR count). The third-order valence-electron chi connectivity index (χ3n) is 1.79. The van der Waals surface area contributed by atoms with Gasteiger partial charge in [-0.05, 0) is 19.9 Å². The fourth-order valence-corrected chi connectivity index (χ4v) is 1.07. The van der Waals surface area contributed by atoms with Gasteiger partial charge in [0.1, 0.15) is 0 Å². The maximum absolute atomic E-state index is 4.94. The highest BCUT2D eigenvalue weighted by atomic mass is 16.5. The van der Waals surface area contributed by atoms with Crippen LogP contribution in [0.1, 0.15) is 13.8 Å². The lowest BCUT2D eigenvalue weighted by Crippen LogP contribution is -2.17. The third-order valence-corrected chi connectivity index (χ3v) is 1.79. The van der Waals surface area contributed by atoms with Gasteiger partial charge in [0, 0.05) is 32.2 Å². The third kappa shape index (κ3) is 9.43. The molecule has 0 aliphatic carbocycles. The zero-order chi connectivity index (χ0) is 11.5. The van der Waals surface area contributed by atoms with Crippen LogP contribution in [-0.4, -0.2) is 46.2 Å². The highest BCUT2D eigenvalue weighted by Gasteiger charge is 1.90. The lowest BCUT2D eigenvalue weighted by Gasteiger charge is -2.05. The second kappa shape index (κ2) is 9.68. The number of ether oxygens (including phenoxy) is 2. The molecule has 0 fully saturated rings. The summed E-state index contributed by atoms with van der Waals surface area (Å²) < 4.78 is 9.86. The summed E-state index contributed by atoms with van der Waals surface area (Å²) in [5.41, 5.74) is 2.11. The second-order valence-electron chi connectivity index (χ2n) is 3.26. The maximum Gasteiger partial charge on any atom is 0.0658 e. The van der Waals surface area contributed by atoms with Crippen molar-refractivity contribution in [1.82, 2.24) is 5.32 Å². The van der Waals surface area contributed by atoms with Crippen molar-refractivity contribution in [1.29, 1.82) is 0 Å². The Morgan fingerprint density at radius 2 is 1.87 bits per heavy atom. The number of rotatable bonds is 8. The van der Waals surface area contributed by atoms with Crippen LogP contribution in [0.25, 0.3) is 0 Å². The van der Waals surface area contributed by atoms with Crippen molar-refractivity contribution in [2.24, 2.45) is 4.99 Å². The van der Waals surface area contributed by atoms with E-state index in [-0.39, 0.29) is 0 Å². The van der Waals surface area contributed by atoms with Crippen molar-refractivity contribution in [3.8, 4) is 0 Å². The Balaban J connectivity index is 3.82. The van der Waals surface area contributed by atoms with Crippen LogP contribution >= 0.6 is 0 Å². The van der Waals surface area contributed by atoms with Crippen LogP contribution in [0.3, 0.4) is 0 Å². The zero-order valence-electron chi connectivity index (χ0n) is 10.2. The van der Waals surface area contributed by atoms with Crippen LogP contribution in [0.5, 0.6) is 0 Å². The first-order chi connectivity index (χ1) is 7.20. The average molecular weight is 214 g/mol. The van der Waals surface area contributed by atoms with Crippen molar-refractivity contribution >= 4 is 5.71 Å². The molecule has 0 amide bonds. The van der Waals surface area contributed by atoms with E-state index in [1.54, 1.807) is 14.2 Å². The number of hydrogen-bond acceptors (Lipinski definition) is 4. The van der Waals surface area contributed by atoms with Crippen molar-refractivity contribution in [2.45, 2.75) is 13.8 Å². The fourth-order valence-electron chi connectivity index (χ4n) is 1.07. The van der Waals surface area contributed by atoms with Crippen molar-refractivity contribution in [2.75, 3.05) is 40.5 Å². The Morgan fingerprint density at radius 1 is 1.20 bits per heavy atom. The quantitative estimate of drug-likeness (QED) is 0.488. The van der Waals surface area contributed by atoms with E-state index in [2.05, 4.69) is 10.3 Å². The molecule has 0 aromatic carbocycles. The van der Waals surface area contributed by atoms with Crippen LogP contribution in [0.4, 0.5) is 0 Å². The van der Waals surface area contributed by atoms with Gasteiger partial charge in [-0.2, -0.15) is 0 Å². The molecule has 0 aromatic heterocycles. The van der Waals surface area contributed by atoms with Gasteiger partial charge < -0.3 is 14.8 Å². The van der Waals surface area contributed by atoms with Crippen LogP contribution in [0, 0.1) is 0 Å². The Kier molecular flexibility index (Phi) is 9.11. The molecule has 0 aliphatic rings. The van der Waals surface area contributed by atoms with Gasteiger partial charge in [-0.25, -0.2) is 0 Å². The summed E-state index contributed by atoms with van der Waals surface area (Å²) in [5, 5.41) is 3.23.